The fourth-order valence-electron chi connectivity index (χ4n) is 6.04. The smallest absolute Gasteiger partial charge is 0.422 e. The molecule has 1 aliphatic carbocycles. The summed E-state index contributed by atoms with van der Waals surface area (Å²) < 4.78 is 53.3. The third kappa shape index (κ3) is 6.84. The van der Waals surface area contributed by atoms with Crippen molar-refractivity contribution in [3.63, 3.8) is 0 Å². The molecular formula is C24H38F3NO5. The second-order valence-electron chi connectivity index (χ2n) is 9.78. The van der Waals surface area contributed by atoms with Crippen LogP contribution in [-0.2, 0) is 23.8 Å². The van der Waals surface area contributed by atoms with E-state index in [2.05, 4.69) is 9.64 Å². The van der Waals surface area contributed by atoms with Crippen molar-refractivity contribution >= 4 is 11.9 Å². The van der Waals surface area contributed by atoms with Gasteiger partial charge in [-0.05, 0) is 58.3 Å². The Morgan fingerprint density at radius 2 is 1.73 bits per heavy atom. The van der Waals surface area contributed by atoms with Crippen LogP contribution in [0, 0.1) is 0 Å². The van der Waals surface area contributed by atoms with Gasteiger partial charge in [0.2, 0.25) is 0 Å². The van der Waals surface area contributed by atoms with Crippen molar-refractivity contribution in [1.29, 1.82) is 0 Å². The van der Waals surface area contributed by atoms with Crippen molar-refractivity contribution in [3.8, 4) is 0 Å². The molecular weight excluding hydrogens is 439 g/mol. The second kappa shape index (κ2) is 11.4. The molecule has 6 nitrogen and oxygen atoms in total. The van der Waals surface area contributed by atoms with Gasteiger partial charge in [0.25, 0.3) is 0 Å². The largest absolute Gasteiger partial charge is 0.466 e. The molecule has 1 spiro atoms. The molecule has 0 unspecified atom stereocenters. The molecule has 0 aromatic rings. The van der Waals surface area contributed by atoms with Crippen molar-refractivity contribution < 1.29 is 37.0 Å². The molecule has 3 aliphatic rings. The van der Waals surface area contributed by atoms with E-state index in [1.165, 1.54) is 0 Å². The summed E-state index contributed by atoms with van der Waals surface area (Å²) >= 11 is 0. The average Bonchev–Trinajstić information content (AvgIpc) is 3.26. The molecule has 33 heavy (non-hydrogen) atoms. The molecule has 2 saturated heterocycles. The Morgan fingerprint density at radius 1 is 1.00 bits per heavy atom. The van der Waals surface area contributed by atoms with E-state index in [0.29, 0.717) is 19.6 Å². The summed E-state index contributed by atoms with van der Waals surface area (Å²) in [5.74, 6) is -0.938. The lowest BCUT2D eigenvalue weighted by Crippen LogP contribution is -2.56. The molecule has 0 bridgehead atoms. The zero-order valence-corrected chi connectivity index (χ0v) is 19.7. The van der Waals surface area contributed by atoms with Crippen molar-refractivity contribution in [3.05, 3.63) is 0 Å². The first-order valence-electron chi connectivity index (χ1n) is 12.5. The first kappa shape index (κ1) is 26.3. The molecule has 2 atom stereocenters. The molecule has 0 radical (unpaired) electrons. The summed E-state index contributed by atoms with van der Waals surface area (Å²) in [4.78, 5) is 26.1. The fourth-order valence-corrected chi connectivity index (χ4v) is 6.04. The number of hydrogen-bond acceptors (Lipinski definition) is 6. The summed E-state index contributed by atoms with van der Waals surface area (Å²) in [5, 5.41) is 0. The Kier molecular flexibility index (Phi) is 9.06. The van der Waals surface area contributed by atoms with Gasteiger partial charge in [-0.15, -0.1) is 0 Å². The number of carbonyl (C=O) groups excluding carboxylic acids is 2. The number of halogens is 3. The maximum absolute atomic E-state index is 12.5. The average molecular weight is 478 g/mol. The Hall–Kier alpha value is -1.35. The molecule has 190 valence electrons. The highest BCUT2D eigenvalue weighted by molar-refractivity contribution is 5.70. The summed E-state index contributed by atoms with van der Waals surface area (Å²) in [6, 6.07) is -0.143. The van der Waals surface area contributed by atoms with E-state index in [4.69, 9.17) is 9.47 Å². The van der Waals surface area contributed by atoms with Crippen molar-refractivity contribution in [2.45, 2.75) is 120 Å². The summed E-state index contributed by atoms with van der Waals surface area (Å²) in [7, 11) is 0. The van der Waals surface area contributed by atoms with Crippen molar-refractivity contribution in [2.75, 3.05) is 19.8 Å². The summed E-state index contributed by atoms with van der Waals surface area (Å²) in [6.07, 6.45) is 7.34. The number of rotatable bonds is 11. The lowest BCUT2D eigenvalue weighted by Gasteiger charge is -2.46. The molecule has 2 aliphatic heterocycles. The highest BCUT2D eigenvalue weighted by Crippen LogP contribution is 2.54. The molecule has 0 aromatic carbocycles. The second-order valence-corrected chi connectivity index (χ2v) is 9.78. The topological polar surface area (TPSA) is 65.1 Å². The van der Waals surface area contributed by atoms with Crippen LogP contribution in [0.4, 0.5) is 13.2 Å². The number of carbonyl (C=O) groups is 2. The SMILES string of the molecule is CCOC(=O)CCCCCC[C@]12CC[C@H](CC(=O)OCC(F)(F)F)N1C1(CCCCC1)OC2. The first-order chi connectivity index (χ1) is 15.7. The molecule has 3 rings (SSSR count). The molecule has 2 heterocycles. The number of ether oxygens (including phenoxy) is 3. The van der Waals surface area contributed by atoms with E-state index in [1.807, 2.05) is 0 Å². The van der Waals surface area contributed by atoms with Gasteiger partial charge in [-0.25, -0.2) is 0 Å². The number of esters is 2. The van der Waals surface area contributed by atoms with Crippen LogP contribution >= 0.6 is 0 Å². The minimum absolute atomic E-state index is 0.0253. The van der Waals surface area contributed by atoms with Gasteiger partial charge >= 0.3 is 18.1 Å². The van der Waals surface area contributed by atoms with Crippen LogP contribution in [0.3, 0.4) is 0 Å². The van der Waals surface area contributed by atoms with E-state index >= 15 is 0 Å². The number of alkyl halides is 3. The first-order valence-corrected chi connectivity index (χ1v) is 12.5. The number of hydrogen-bond donors (Lipinski definition) is 0. The van der Waals surface area contributed by atoms with E-state index in [0.717, 1.165) is 77.0 Å². The highest BCUT2D eigenvalue weighted by atomic mass is 19.4. The van der Waals surface area contributed by atoms with Gasteiger partial charge in [0.15, 0.2) is 6.61 Å². The number of fused-ring (bicyclic) bond motifs is 2. The fraction of sp³-hybridized carbons (Fsp3) is 0.917. The minimum atomic E-state index is -4.51. The third-order valence-corrected chi connectivity index (χ3v) is 7.38. The van der Waals surface area contributed by atoms with Crippen LogP contribution in [0.2, 0.25) is 0 Å². The van der Waals surface area contributed by atoms with E-state index in [-0.39, 0.29) is 24.0 Å². The van der Waals surface area contributed by atoms with Crippen LogP contribution in [0.25, 0.3) is 0 Å². The van der Waals surface area contributed by atoms with Gasteiger partial charge in [-0.1, -0.05) is 25.7 Å². The van der Waals surface area contributed by atoms with E-state index in [1.54, 1.807) is 6.92 Å². The lowest BCUT2D eigenvalue weighted by atomic mass is 9.86. The highest BCUT2D eigenvalue weighted by Gasteiger charge is 2.61. The molecule has 0 aromatic heterocycles. The molecule has 0 amide bonds. The lowest BCUT2D eigenvalue weighted by molar-refractivity contribution is -0.188. The molecule has 1 saturated carbocycles. The Bertz CT molecular complexity index is 665. The predicted molar refractivity (Wildman–Crippen MR) is 115 cm³/mol. The molecule has 3 fully saturated rings. The Balaban J connectivity index is 1.57. The predicted octanol–water partition coefficient (Wildman–Crippen LogP) is 5.28. The van der Waals surface area contributed by atoms with E-state index < -0.39 is 24.5 Å². The van der Waals surface area contributed by atoms with Crippen LogP contribution < -0.4 is 0 Å². The maximum atomic E-state index is 12.5. The Labute approximate surface area is 194 Å². The third-order valence-electron chi connectivity index (χ3n) is 7.38. The van der Waals surface area contributed by atoms with Crippen LogP contribution in [0.1, 0.15) is 96.8 Å². The van der Waals surface area contributed by atoms with Crippen molar-refractivity contribution in [2.24, 2.45) is 0 Å². The quantitative estimate of drug-likeness (QED) is 0.298. The standard InChI is InChI=1S/C24H38F3NO5/c1-2-31-20(29)10-6-3-4-7-12-22-15-11-19(16-21(30)32-18-24(25,26)27)28(22)23(33-17-22)13-8-5-9-14-23/h19H,2-18H2,1H3/t19-,22-/m1/s1. The zero-order chi connectivity index (χ0) is 24.0. The number of unbranched alkanes of at least 4 members (excludes halogenated alkanes) is 3. The van der Waals surface area contributed by atoms with Gasteiger partial charge in [-0.2, -0.15) is 13.2 Å². The van der Waals surface area contributed by atoms with Crippen molar-refractivity contribution in [1.82, 2.24) is 4.90 Å². The van der Waals surface area contributed by atoms with Crippen LogP contribution in [0.5, 0.6) is 0 Å². The summed E-state index contributed by atoms with van der Waals surface area (Å²) in [5.41, 5.74) is -0.554. The normalized spacial score (nSPS) is 27.0. The van der Waals surface area contributed by atoms with Crippen LogP contribution in [-0.4, -0.2) is 60.1 Å². The van der Waals surface area contributed by atoms with Gasteiger partial charge < -0.3 is 14.2 Å². The summed E-state index contributed by atoms with van der Waals surface area (Å²) in [6.45, 7) is 1.29. The van der Waals surface area contributed by atoms with Crippen LogP contribution in [0.15, 0.2) is 0 Å². The molecule has 0 N–H and O–H groups in total. The maximum Gasteiger partial charge on any atom is 0.422 e. The monoisotopic (exact) mass is 477 g/mol. The molecule has 9 heteroatoms. The minimum Gasteiger partial charge on any atom is -0.466 e. The van der Waals surface area contributed by atoms with Gasteiger partial charge in [0.05, 0.1) is 19.6 Å². The Morgan fingerprint density at radius 3 is 2.42 bits per heavy atom. The van der Waals surface area contributed by atoms with Gasteiger partial charge in [0, 0.05) is 18.0 Å². The van der Waals surface area contributed by atoms with E-state index in [9.17, 15) is 22.8 Å². The number of nitrogens with zero attached hydrogens (tertiary/aromatic N) is 1. The zero-order valence-electron chi connectivity index (χ0n) is 19.7. The van der Waals surface area contributed by atoms with Gasteiger partial charge in [0.1, 0.15) is 5.72 Å². The van der Waals surface area contributed by atoms with Gasteiger partial charge in [-0.3, -0.25) is 14.5 Å².